The summed E-state index contributed by atoms with van der Waals surface area (Å²) in [6.45, 7) is 8.84. The molecular formula is C23H31N3O3. The number of hydrogen-bond donors (Lipinski definition) is 1. The maximum Gasteiger partial charge on any atom is 0.238 e. The van der Waals surface area contributed by atoms with Gasteiger partial charge in [0.2, 0.25) is 5.91 Å². The van der Waals surface area contributed by atoms with Crippen molar-refractivity contribution in [3.8, 4) is 11.5 Å². The predicted molar refractivity (Wildman–Crippen MR) is 116 cm³/mol. The molecule has 0 aromatic heterocycles. The molecule has 1 fully saturated rings. The number of aryl methyl sites for hydroxylation is 2. The van der Waals surface area contributed by atoms with Crippen molar-refractivity contribution >= 4 is 11.6 Å². The smallest absolute Gasteiger partial charge is 0.238 e. The quantitative estimate of drug-likeness (QED) is 0.778. The molecule has 6 heteroatoms. The van der Waals surface area contributed by atoms with Crippen LogP contribution < -0.4 is 14.8 Å². The number of amides is 1. The first-order valence-corrected chi connectivity index (χ1v) is 10.0. The summed E-state index contributed by atoms with van der Waals surface area (Å²) in [6, 6.07) is 11.9. The highest BCUT2D eigenvalue weighted by atomic mass is 16.5. The number of anilines is 1. The van der Waals surface area contributed by atoms with Crippen LogP contribution in [0.4, 0.5) is 5.69 Å². The van der Waals surface area contributed by atoms with E-state index in [0.29, 0.717) is 6.54 Å². The Bertz CT molecular complexity index is 825. The summed E-state index contributed by atoms with van der Waals surface area (Å²) in [6.07, 6.45) is 0. The van der Waals surface area contributed by atoms with Crippen LogP contribution in [-0.4, -0.2) is 62.7 Å². The van der Waals surface area contributed by atoms with Crippen LogP contribution in [0, 0.1) is 13.8 Å². The van der Waals surface area contributed by atoms with Crippen LogP contribution in [0.2, 0.25) is 0 Å². The second kappa shape index (κ2) is 9.76. The summed E-state index contributed by atoms with van der Waals surface area (Å²) in [4.78, 5) is 17.1. The first-order valence-electron chi connectivity index (χ1n) is 10.0. The van der Waals surface area contributed by atoms with Gasteiger partial charge in [-0.1, -0.05) is 18.2 Å². The Morgan fingerprint density at radius 3 is 2.24 bits per heavy atom. The Balaban J connectivity index is 1.51. The molecule has 0 aliphatic carbocycles. The average molecular weight is 398 g/mol. The third kappa shape index (κ3) is 5.49. The number of nitrogens with zero attached hydrogens (tertiary/aromatic N) is 2. The fraction of sp³-hybridized carbons (Fsp3) is 0.435. The fourth-order valence-corrected chi connectivity index (χ4v) is 3.75. The number of hydrogen-bond acceptors (Lipinski definition) is 5. The molecule has 2 aromatic carbocycles. The summed E-state index contributed by atoms with van der Waals surface area (Å²) < 4.78 is 10.8. The molecule has 29 heavy (non-hydrogen) atoms. The molecule has 0 saturated carbocycles. The van der Waals surface area contributed by atoms with E-state index < -0.39 is 0 Å². The van der Waals surface area contributed by atoms with E-state index in [0.717, 1.165) is 66.6 Å². The highest BCUT2D eigenvalue weighted by Gasteiger charge is 2.20. The summed E-state index contributed by atoms with van der Waals surface area (Å²) in [5.74, 6) is 1.76. The van der Waals surface area contributed by atoms with Crippen molar-refractivity contribution in [2.45, 2.75) is 20.4 Å². The van der Waals surface area contributed by atoms with Crippen LogP contribution in [-0.2, 0) is 11.3 Å². The molecule has 0 bridgehead atoms. The standard InChI is InChI=1S/C23H31N3O3/c1-17-6-5-7-18(2)23(17)24-22(27)16-26-12-10-25(11-13-26)15-19-14-20(28-3)8-9-21(19)29-4/h5-9,14H,10-13,15-16H2,1-4H3,(H,24,27). The van der Waals surface area contributed by atoms with Crippen molar-refractivity contribution in [2.24, 2.45) is 0 Å². The van der Waals surface area contributed by atoms with E-state index >= 15 is 0 Å². The minimum Gasteiger partial charge on any atom is -0.497 e. The maximum atomic E-state index is 12.5. The van der Waals surface area contributed by atoms with Gasteiger partial charge in [-0.05, 0) is 43.2 Å². The Hall–Kier alpha value is -2.57. The number of carbonyl (C=O) groups excluding carboxylic acids is 1. The van der Waals surface area contributed by atoms with E-state index in [1.54, 1.807) is 14.2 Å². The lowest BCUT2D eigenvalue weighted by Gasteiger charge is -2.34. The third-order valence-corrected chi connectivity index (χ3v) is 5.46. The highest BCUT2D eigenvalue weighted by molar-refractivity contribution is 5.93. The van der Waals surface area contributed by atoms with Crippen LogP contribution >= 0.6 is 0 Å². The second-order valence-electron chi connectivity index (χ2n) is 7.55. The van der Waals surface area contributed by atoms with Crippen LogP contribution in [0.1, 0.15) is 16.7 Å². The lowest BCUT2D eigenvalue weighted by atomic mass is 10.1. The van der Waals surface area contributed by atoms with Crippen LogP contribution in [0.15, 0.2) is 36.4 Å². The van der Waals surface area contributed by atoms with Crippen molar-refractivity contribution in [1.29, 1.82) is 0 Å². The minimum absolute atomic E-state index is 0.0466. The molecule has 0 spiro atoms. The number of para-hydroxylation sites is 1. The lowest BCUT2D eigenvalue weighted by molar-refractivity contribution is -0.117. The summed E-state index contributed by atoms with van der Waals surface area (Å²) >= 11 is 0. The average Bonchev–Trinajstić information content (AvgIpc) is 2.72. The number of carbonyl (C=O) groups is 1. The Morgan fingerprint density at radius 2 is 1.62 bits per heavy atom. The Kier molecular flexibility index (Phi) is 7.12. The number of nitrogens with one attached hydrogen (secondary N) is 1. The number of piperazine rings is 1. The van der Waals surface area contributed by atoms with Gasteiger partial charge < -0.3 is 14.8 Å². The molecule has 2 aromatic rings. The SMILES string of the molecule is COc1ccc(OC)c(CN2CCN(CC(=O)Nc3c(C)cccc3C)CC2)c1. The molecule has 1 saturated heterocycles. The number of benzene rings is 2. The van der Waals surface area contributed by atoms with Gasteiger partial charge in [0.25, 0.3) is 0 Å². The molecule has 1 aliphatic heterocycles. The third-order valence-electron chi connectivity index (χ3n) is 5.46. The molecule has 0 radical (unpaired) electrons. The molecule has 1 amide bonds. The summed E-state index contributed by atoms with van der Waals surface area (Å²) in [5, 5.41) is 3.08. The van der Waals surface area contributed by atoms with Gasteiger partial charge in [-0.25, -0.2) is 0 Å². The minimum atomic E-state index is 0.0466. The van der Waals surface area contributed by atoms with Gasteiger partial charge in [0, 0.05) is 44.0 Å². The molecule has 1 heterocycles. The zero-order valence-electron chi connectivity index (χ0n) is 17.8. The second-order valence-corrected chi connectivity index (χ2v) is 7.55. The van der Waals surface area contributed by atoms with E-state index in [4.69, 9.17) is 9.47 Å². The summed E-state index contributed by atoms with van der Waals surface area (Å²) in [5.41, 5.74) is 4.24. The molecule has 6 nitrogen and oxygen atoms in total. The van der Waals surface area contributed by atoms with E-state index in [9.17, 15) is 4.79 Å². The van der Waals surface area contributed by atoms with Crippen molar-refractivity contribution < 1.29 is 14.3 Å². The Morgan fingerprint density at radius 1 is 0.966 bits per heavy atom. The van der Waals surface area contributed by atoms with E-state index in [1.165, 1.54) is 0 Å². The molecule has 1 N–H and O–H groups in total. The number of rotatable bonds is 7. The first kappa shape index (κ1) is 21.1. The van der Waals surface area contributed by atoms with E-state index in [2.05, 4.69) is 15.1 Å². The molecular weight excluding hydrogens is 366 g/mol. The van der Waals surface area contributed by atoms with Gasteiger partial charge in [-0.15, -0.1) is 0 Å². The molecule has 0 atom stereocenters. The molecule has 1 aliphatic rings. The topological polar surface area (TPSA) is 54.0 Å². The molecule has 3 rings (SSSR count). The number of ether oxygens (including phenoxy) is 2. The van der Waals surface area contributed by atoms with Crippen molar-refractivity contribution in [3.63, 3.8) is 0 Å². The Labute approximate surface area is 173 Å². The van der Waals surface area contributed by atoms with Gasteiger partial charge in [0.05, 0.1) is 20.8 Å². The molecule has 0 unspecified atom stereocenters. The van der Waals surface area contributed by atoms with Gasteiger partial charge in [-0.3, -0.25) is 14.6 Å². The predicted octanol–water partition coefficient (Wildman–Crippen LogP) is 3.08. The maximum absolute atomic E-state index is 12.5. The monoisotopic (exact) mass is 397 g/mol. The van der Waals surface area contributed by atoms with Crippen LogP contribution in [0.25, 0.3) is 0 Å². The van der Waals surface area contributed by atoms with E-state index in [-0.39, 0.29) is 5.91 Å². The van der Waals surface area contributed by atoms with Crippen LogP contribution in [0.3, 0.4) is 0 Å². The fourth-order valence-electron chi connectivity index (χ4n) is 3.75. The first-order chi connectivity index (χ1) is 14.0. The van der Waals surface area contributed by atoms with E-state index in [1.807, 2.05) is 50.2 Å². The highest BCUT2D eigenvalue weighted by Crippen LogP contribution is 2.25. The van der Waals surface area contributed by atoms with Crippen LogP contribution in [0.5, 0.6) is 11.5 Å². The van der Waals surface area contributed by atoms with Crippen molar-refractivity contribution in [3.05, 3.63) is 53.1 Å². The zero-order valence-corrected chi connectivity index (χ0v) is 17.8. The van der Waals surface area contributed by atoms with Gasteiger partial charge >= 0.3 is 0 Å². The van der Waals surface area contributed by atoms with Gasteiger partial charge in [-0.2, -0.15) is 0 Å². The normalized spacial score (nSPS) is 15.2. The largest absolute Gasteiger partial charge is 0.497 e. The summed E-state index contributed by atoms with van der Waals surface area (Å²) in [7, 11) is 3.37. The van der Waals surface area contributed by atoms with Crippen molar-refractivity contribution in [2.75, 3.05) is 52.3 Å². The van der Waals surface area contributed by atoms with Crippen molar-refractivity contribution in [1.82, 2.24) is 9.80 Å². The molecule has 156 valence electrons. The zero-order chi connectivity index (χ0) is 20.8. The van der Waals surface area contributed by atoms with Gasteiger partial charge in [0.15, 0.2) is 0 Å². The number of methoxy groups -OCH3 is 2. The lowest BCUT2D eigenvalue weighted by Crippen LogP contribution is -2.48. The van der Waals surface area contributed by atoms with Gasteiger partial charge in [0.1, 0.15) is 11.5 Å².